The minimum Gasteiger partial charge on any atom is -0.373 e. The van der Waals surface area contributed by atoms with E-state index in [4.69, 9.17) is 4.74 Å². The van der Waals surface area contributed by atoms with E-state index in [1.165, 1.54) is 11.3 Å². The maximum Gasteiger partial charge on any atom is 0.257 e. The van der Waals surface area contributed by atoms with Crippen molar-refractivity contribution in [2.75, 3.05) is 18.4 Å². The molecule has 1 amide bonds. The molecule has 0 saturated carbocycles. The maximum atomic E-state index is 12.1. The molecule has 1 aliphatic rings. The largest absolute Gasteiger partial charge is 0.373 e. The van der Waals surface area contributed by atoms with Gasteiger partial charge in [0.1, 0.15) is 0 Å². The highest BCUT2D eigenvalue weighted by atomic mass is 32.1. The number of nitrogens with one attached hydrogen (secondary N) is 1. The van der Waals surface area contributed by atoms with Crippen molar-refractivity contribution in [1.29, 1.82) is 0 Å². The first-order valence-electron chi connectivity index (χ1n) is 7.79. The van der Waals surface area contributed by atoms with Gasteiger partial charge in [-0.2, -0.15) is 0 Å². The van der Waals surface area contributed by atoms with Crippen LogP contribution in [0.5, 0.6) is 0 Å². The molecule has 0 radical (unpaired) electrons. The molecule has 6 heteroatoms. The van der Waals surface area contributed by atoms with Crippen molar-refractivity contribution < 1.29 is 9.53 Å². The molecule has 1 aromatic heterocycles. The van der Waals surface area contributed by atoms with E-state index in [0.717, 1.165) is 25.3 Å². The van der Waals surface area contributed by atoms with Crippen LogP contribution < -0.4 is 5.32 Å². The molecule has 5 nitrogen and oxygen atoms in total. The summed E-state index contributed by atoms with van der Waals surface area (Å²) >= 11 is 1.46. The van der Waals surface area contributed by atoms with E-state index >= 15 is 0 Å². The number of carbonyl (C=O) groups excluding carboxylic acids is 1. The number of benzene rings is 1. The van der Waals surface area contributed by atoms with Gasteiger partial charge in [0.2, 0.25) is 0 Å². The summed E-state index contributed by atoms with van der Waals surface area (Å²) < 4.78 is 5.74. The van der Waals surface area contributed by atoms with Crippen molar-refractivity contribution >= 4 is 22.4 Å². The van der Waals surface area contributed by atoms with Crippen LogP contribution >= 0.6 is 11.3 Å². The Morgan fingerprint density at radius 1 is 1.30 bits per heavy atom. The lowest BCUT2D eigenvalue weighted by molar-refractivity contribution is -0.0707. The number of hydrogen-bond donors (Lipinski definition) is 1. The van der Waals surface area contributed by atoms with Crippen molar-refractivity contribution in [2.24, 2.45) is 0 Å². The van der Waals surface area contributed by atoms with Crippen LogP contribution in [0.15, 0.2) is 35.7 Å². The Morgan fingerprint density at radius 3 is 2.70 bits per heavy atom. The normalized spacial score (nSPS) is 22.0. The van der Waals surface area contributed by atoms with Gasteiger partial charge in [0.25, 0.3) is 5.91 Å². The average Bonchev–Trinajstić information content (AvgIpc) is 2.94. The minimum absolute atomic E-state index is 0.125. The summed E-state index contributed by atoms with van der Waals surface area (Å²) in [5.74, 6) is -0.125. The highest BCUT2D eigenvalue weighted by molar-refractivity contribution is 7.13. The molecule has 1 fully saturated rings. The van der Waals surface area contributed by atoms with Crippen molar-refractivity contribution in [3.63, 3.8) is 0 Å². The van der Waals surface area contributed by atoms with Crippen LogP contribution in [-0.2, 0) is 11.3 Å². The van der Waals surface area contributed by atoms with Crippen molar-refractivity contribution in [2.45, 2.75) is 32.6 Å². The van der Waals surface area contributed by atoms with E-state index in [0.29, 0.717) is 10.7 Å². The summed E-state index contributed by atoms with van der Waals surface area (Å²) in [4.78, 5) is 19.0. The van der Waals surface area contributed by atoms with E-state index in [9.17, 15) is 4.79 Å². The molecule has 23 heavy (non-hydrogen) atoms. The fourth-order valence-corrected chi connectivity index (χ4v) is 3.53. The first-order chi connectivity index (χ1) is 11.1. The lowest BCUT2D eigenvalue weighted by Crippen LogP contribution is -2.44. The maximum absolute atomic E-state index is 12.1. The average molecular weight is 331 g/mol. The van der Waals surface area contributed by atoms with Crippen LogP contribution in [0.4, 0.5) is 5.13 Å². The molecular weight excluding hydrogens is 310 g/mol. The molecule has 1 aromatic carbocycles. The summed E-state index contributed by atoms with van der Waals surface area (Å²) in [6.07, 6.45) is 0.490. The Balaban J connectivity index is 1.59. The Kier molecular flexibility index (Phi) is 5.05. The minimum atomic E-state index is -0.125. The highest BCUT2D eigenvalue weighted by Gasteiger charge is 2.22. The van der Waals surface area contributed by atoms with Gasteiger partial charge in [-0.1, -0.05) is 18.2 Å². The first-order valence-corrected chi connectivity index (χ1v) is 8.67. The van der Waals surface area contributed by atoms with Crippen molar-refractivity contribution in [1.82, 2.24) is 9.88 Å². The molecule has 2 aromatic rings. The zero-order valence-electron chi connectivity index (χ0n) is 13.4. The molecule has 122 valence electrons. The predicted octanol–water partition coefficient (Wildman–Crippen LogP) is 3.00. The van der Waals surface area contributed by atoms with Crippen molar-refractivity contribution in [3.8, 4) is 0 Å². The number of amides is 1. The number of anilines is 1. The zero-order chi connectivity index (χ0) is 16.2. The summed E-state index contributed by atoms with van der Waals surface area (Å²) in [6.45, 7) is 6.79. The second kappa shape index (κ2) is 7.21. The number of thiazole rings is 1. The molecule has 2 atom stereocenters. The van der Waals surface area contributed by atoms with Crippen LogP contribution in [0.2, 0.25) is 0 Å². The number of hydrogen-bond acceptors (Lipinski definition) is 5. The standard InChI is InChI=1S/C17H21N3O2S/c1-12-8-20(9-13(2)22-12)10-15-11-23-17(18-15)19-16(21)14-6-4-3-5-7-14/h3-7,11-13H,8-10H2,1-2H3,(H,18,19,21)/t12-,13-/m0/s1. The number of aromatic nitrogens is 1. The third-order valence-electron chi connectivity index (χ3n) is 3.69. The van der Waals surface area contributed by atoms with Gasteiger partial charge in [0.05, 0.1) is 17.9 Å². The van der Waals surface area contributed by atoms with Crippen LogP contribution in [-0.4, -0.2) is 41.1 Å². The fraction of sp³-hybridized carbons (Fsp3) is 0.412. The number of nitrogens with zero attached hydrogens (tertiary/aromatic N) is 2. The summed E-state index contributed by atoms with van der Waals surface area (Å²) in [6, 6.07) is 9.18. The van der Waals surface area contributed by atoms with E-state index in [2.05, 4.69) is 29.0 Å². The Morgan fingerprint density at radius 2 is 2.00 bits per heavy atom. The van der Waals surface area contributed by atoms with Gasteiger partial charge >= 0.3 is 0 Å². The molecule has 3 rings (SSSR count). The highest BCUT2D eigenvalue weighted by Crippen LogP contribution is 2.19. The molecule has 0 unspecified atom stereocenters. The van der Waals surface area contributed by atoms with E-state index in [-0.39, 0.29) is 18.1 Å². The molecule has 1 saturated heterocycles. The van der Waals surface area contributed by atoms with E-state index < -0.39 is 0 Å². The SMILES string of the molecule is C[C@H]1CN(Cc2csc(NC(=O)c3ccccc3)n2)C[C@H](C)O1. The topological polar surface area (TPSA) is 54.5 Å². The molecule has 2 heterocycles. The molecule has 0 aliphatic carbocycles. The zero-order valence-corrected chi connectivity index (χ0v) is 14.2. The third kappa shape index (κ3) is 4.37. The van der Waals surface area contributed by atoms with Gasteiger partial charge in [-0.05, 0) is 26.0 Å². The summed E-state index contributed by atoms with van der Waals surface area (Å²) in [5.41, 5.74) is 1.62. The monoisotopic (exact) mass is 331 g/mol. The number of carbonyl (C=O) groups is 1. The number of ether oxygens (including phenoxy) is 1. The second-order valence-corrected chi connectivity index (χ2v) is 6.77. The van der Waals surface area contributed by atoms with Crippen LogP contribution in [0.3, 0.4) is 0 Å². The molecule has 0 spiro atoms. The van der Waals surface area contributed by atoms with Gasteiger partial charge in [-0.3, -0.25) is 15.0 Å². The molecule has 0 bridgehead atoms. The third-order valence-corrected chi connectivity index (χ3v) is 4.50. The smallest absolute Gasteiger partial charge is 0.257 e. The van der Waals surface area contributed by atoms with E-state index in [1.54, 1.807) is 12.1 Å². The van der Waals surface area contributed by atoms with Gasteiger partial charge in [-0.15, -0.1) is 11.3 Å². The van der Waals surface area contributed by atoms with Gasteiger partial charge in [-0.25, -0.2) is 4.98 Å². The van der Waals surface area contributed by atoms with Crippen LogP contribution in [0.1, 0.15) is 29.9 Å². The Labute approximate surface area is 140 Å². The van der Waals surface area contributed by atoms with Crippen LogP contribution in [0.25, 0.3) is 0 Å². The van der Waals surface area contributed by atoms with Crippen molar-refractivity contribution in [3.05, 3.63) is 47.0 Å². The first kappa shape index (κ1) is 16.1. The lowest BCUT2D eigenvalue weighted by atomic mass is 10.2. The molecular formula is C17H21N3O2S. The predicted molar refractivity (Wildman–Crippen MR) is 91.8 cm³/mol. The molecule has 1 N–H and O–H groups in total. The van der Waals surface area contributed by atoms with Gasteiger partial charge < -0.3 is 4.74 Å². The summed E-state index contributed by atoms with van der Waals surface area (Å²) in [5, 5.41) is 5.51. The Bertz CT molecular complexity index is 649. The fourth-order valence-electron chi connectivity index (χ4n) is 2.84. The van der Waals surface area contributed by atoms with E-state index in [1.807, 2.05) is 23.6 Å². The quantitative estimate of drug-likeness (QED) is 0.936. The van der Waals surface area contributed by atoms with Gasteiger partial charge in [0.15, 0.2) is 5.13 Å². The lowest BCUT2D eigenvalue weighted by Gasteiger charge is -2.34. The number of rotatable bonds is 4. The van der Waals surface area contributed by atoms with Gasteiger partial charge in [0, 0.05) is 30.6 Å². The van der Waals surface area contributed by atoms with Crippen LogP contribution in [0, 0.1) is 0 Å². The molecule has 1 aliphatic heterocycles. The Hall–Kier alpha value is -1.76. The summed E-state index contributed by atoms with van der Waals surface area (Å²) in [7, 11) is 0. The number of morpholine rings is 1. The second-order valence-electron chi connectivity index (χ2n) is 5.92.